The fourth-order valence-corrected chi connectivity index (χ4v) is 2.97. The Morgan fingerprint density at radius 2 is 2.21 bits per heavy atom. The lowest BCUT2D eigenvalue weighted by atomic mass is 10.1. The number of anilines is 1. The van der Waals surface area contributed by atoms with Gasteiger partial charge in [-0.2, -0.15) is 0 Å². The maximum absolute atomic E-state index is 4.30. The van der Waals surface area contributed by atoms with Crippen molar-refractivity contribution in [2.24, 2.45) is 0 Å². The molecule has 0 unspecified atom stereocenters. The summed E-state index contributed by atoms with van der Waals surface area (Å²) in [5.74, 6) is 2.17. The van der Waals surface area contributed by atoms with Gasteiger partial charge in [0.2, 0.25) is 0 Å². The number of rotatable bonds is 3. The zero-order chi connectivity index (χ0) is 13.2. The highest BCUT2D eigenvalue weighted by Crippen LogP contribution is 2.21. The van der Waals surface area contributed by atoms with Crippen molar-refractivity contribution in [1.29, 1.82) is 0 Å². The molecule has 0 fully saturated rings. The molecular weight excluding hydrogens is 304 g/mol. The number of aryl methyl sites for hydroxylation is 2. The summed E-state index contributed by atoms with van der Waals surface area (Å²) in [6, 6.07) is 6.25. The molecule has 1 aromatic heterocycles. The minimum atomic E-state index is 0.732. The monoisotopic (exact) mass is 320 g/mol. The maximum Gasteiger partial charge on any atom is 0.152 e. The molecule has 0 amide bonds. The van der Waals surface area contributed by atoms with Gasteiger partial charge in [0.25, 0.3) is 0 Å². The van der Waals surface area contributed by atoms with Crippen LogP contribution in [0.15, 0.2) is 22.7 Å². The standard InChI is InChI=1S/C14H17BrN4/c1-10-8-11(15)5-6-12(10)16-9-14-18-17-13-4-2-3-7-19(13)14/h5-6,8,16H,2-4,7,9H2,1H3. The number of fused-ring (bicyclic) bond motifs is 1. The average Bonchev–Trinajstić information content (AvgIpc) is 2.81. The first kappa shape index (κ1) is 12.7. The molecule has 0 saturated carbocycles. The van der Waals surface area contributed by atoms with Crippen molar-refractivity contribution in [3.63, 3.8) is 0 Å². The van der Waals surface area contributed by atoms with E-state index in [0.717, 1.165) is 41.3 Å². The largest absolute Gasteiger partial charge is 0.378 e. The van der Waals surface area contributed by atoms with Gasteiger partial charge in [-0.3, -0.25) is 0 Å². The second-order valence-corrected chi connectivity index (χ2v) is 5.87. The Labute approximate surface area is 121 Å². The molecule has 0 spiro atoms. The third kappa shape index (κ3) is 2.66. The van der Waals surface area contributed by atoms with Gasteiger partial charge in [0, 0.05) is 23.1 Å². The van der Waals surface area contributed by atoms with Crippen molar-refractivity contribution in [1.82, 2.24) is 14.8 Å². The van der Waals surface area contributed by atoms with Crippen LogP contribution in [0.2, 0.25) is 0 Å². The van der Waals surface area contributed by atoms with Crippen molar-refractivity contribution < 1.29 is 0 Å². The normalized spacial score (nSPS) is 14.2. The maximum atomic E-state index is 4.30. The number of halogens is 1. The summed E-state index contributed by atoms with van der Waals surface area (Å²) < 4.78 is 3.36. The number of hydrogen-bond acceptors (Lipinski definition) is 3. The number of nitrogens with one attached hydrogen (secondary N) is 1. The fraction of sp³-hybridized carbons (Fsp3) is 0.429. The summed E-state index contributed by atoms with van der Waals surface area (Å²) in [5.41, 5.74) is 2.38. The van der Waals surface area contributed by atoms with Gasteiger partial charge in [0.1, 0.15) is 5.82 Å². The molecule has 3 rings (SSSR count). The third-order valence-corrected chi connectivity index (χ3v) is 4.05. The minimum Gasteiger partial charge on any atom is -0.378 e. The molecule has 1 aliphatic rings. The van der Waals surface area contributed by atoms with Crippen molar-refractivity contribution in [2.45, 2.75) is 39.3 Å². The molecule has 0 bridgehead atoms. The van der Waals surface area contributed by atoms with Crippen LogP contribution in [-0.4, -0.2) is 14.8 Å². The topological polar surface area (TPSA) is 42.7 Å². The zero-order valence-corrected chi connectivity index (χ0v) is 12.6. The number of benzene rings is 1. The van der Waals surface area contributed by atoms with Crippen LogP contribution in [0, 0.1) is 6.92 Å². The highest BCUT2D eigenvalue weighted by molar-refractivity contribution is 9.10. The Bertz CT molecular complexity index is 591. The Morgan fingerprint density at radius 3 is 3.05 bits per heavy atom. The van der Waals surface area contributed by atoms with E-state index in [-0.39, 0.29) is 0 Å². The van der Waals surface area contributed by atoms with Crippen LogP contribution >= 0.6 is 15.9 Å². The van der Waals surface area contributed by atoms with E-state index in [2.05, 4.69) is 61.1 Å². The summed E-state index contributed by atoms with van der Waals surface area (Å²) in [6.45, 7) is 3.89. The van der Waals surface area contributed by atoms with Crippen molar-refractivity contribution in [3.8, 4) is 0 Å². The summed E-state index contributed by atoms with van der Waals surface area (Å²) in [4.78, 5) is 0. The second-order valence-electron chi connectivity index (χ2n) is 4.95. The lowest BCUT2D eigenvalue weighted by Gasteiger charge is -2.15. The lowest BCUT2D eigenvalue weighted by Crippen LogP contribution is -2.15. The van der Waals surface area contributed by atoms with Crippen LogP contribution in [0.25, 0.3) is 0 Å². The van der Waals surface area contributed by atoms with E-state index in [1.165, 1.54) is 18.4 Å². The summed E-state index contributed by atoms with van der Waals surface area (Å²) in [7, 11) is 0. The highest BCUT2D eigenvalue weighted by atomic mass is 79.9. The van der Waals surface area contributed by atoms with Crippen LogP contribution in [0.4, 0.5) is 5.69 Å². The number of hydrogen-bond donors (Lipinski definition) is 1. The van der Waals surface area contributed by atoms with E-state index in [1.807, 2.05) is 0 Å². The molecule has 0 radical (unpaired) electrons. The number of aromatic nitrogens is 3. The van der Waals surface area contributed by atoms with E-state index in [9.17, 15) is 0 Å². The Balaban J connectivity index is 1.74. The molecular formula is C14H17BrN4. The second kappa shape index (κ2) is 5.33. The van der Waals surface area contributed by atoms with E-state index in [4.69, 9.17) is 0 Å². The molecule has 1 aromatic carbocycles. The van der Waals surface area contributed by atoms with Crippen LogP contribution in [0.1, 0.15) is 30.1 Å². The lowest BCUT2D eigenvalue weighted by molar-refractivity contribution is 0.510. The van der Waals surface area contributed by atoms with Gasteiger partial charge >= 0.3 is 0 Å². The van der Waals surface area contributed by atoms with Crippen LogP contribution < -0.4 is 5.32 Å². The van der Waals surface area contributed by atoms with Crippen LogP contribution in [-0.2, 0) is 19.5 Å². The molecule has 2 heterocycles. The van der Waals surface area contributed by atoms with Gasteiger partial charge in [-0.25, -0.2) is 0 Å². The van der Waals surface area contributed by atoms with Gasteiger partial charge in [-0.15, -0.1) is 10.2 Å². The van der Waals surface area contributed by atoms with Gasteiger partial charge in [-0.1, -0.05) is 15.9 Å². The van der Waals surface area contributed by atoms with Gasteiger partial charge < -0.3 is 9.88 Å². The van der Waals surface area contributed by atoms with Crippen LogP contribution in [0.3, 0.4) is 0 Å². The van der Waals surface area contributed by atoms with Crippen LogP contribution in [0.5, 0.6) is 0 Å². The Kier molecular flexibility index (Phi) is 3.55. The van der Waals surface area contributed by atoms with Crippen molar-refractivity contribution in [3.05, 3.63) is 39.9 Å². The summed E-state index contributed by atoms with van der Waals surface area (Å²) in [6.07, 6.45) is 3.52. The minimum absolute atomic E-state index is 0.732. The fourth-order valence-electron chi connectivity index (χ4n) is 2.50. The van der Waals surface area contributed by atoms with E-state index in [0.29, 0.717) is 0 Å². The SMILES string of the molecule is Cc1cc(Br)ccc1NCc1nnc2n1CCCC2. The predicted octanol–water partition coefficient (Wildman–Crippen LogP) is 3.30. The predicted molar refractivity (Wildman–Crippen MR) is 79.2 cm³/mol. The van der Waals surface area contributed by atoms with E-state index >= 15 is 0 Å². The van der Waals surface area contributed by atoms with E-state index in [1.54, 1.807) is 0 Å². The first-order chi connectivity index (χ1) is 9.24. The summed E-state index contributed by atoms with van der Waals surface area (Å²) >= 11 is 3.48. The van der Waals surface area contributed by atoms with Gasteiger partial charge in [-0.05, 0) is 43.5 Å². The first-order valence-electron chi connectivity index (χ1n) is 6.65. The zero-order valence-electron chi connectivity index (χ0n) is 11.0. The molecule has 1 N–H and O–H groups in total. The molecule has 0 saturated heterocycles. The average molecular weight is 321 g/mol. The molecule has 0 atom stereocenters. The highest BCUT2D eigenvalue weighted by Gasteiger charge is 2.15. The van der Waals surface area contributed by atoms with Crippen molar-refractivity contribution >= 4 is 21.6 Å². The number of nitrogens with zero attached hydrogens (tertiary/aromatic N) is 3. The first-order valence-corrected chi connectivity index (χ1v) is 7.44. The third-order valence-electron chi connectivity index (χ3n) is 3.56. The molecule has 4 nitrogen and oxygen atoms in total. The molecule has 1 aliphatic heterocycles. The van der Waals surface area contributed by atoms with E-state index < -0.39 is 0 Å². The van der Waals surface area contributed by atoms with Crippen molar-refractivity contribution in [2.75, 3.05) is 5.32 Å². The smallest absolute Gasteiger partial charge is 0.152 e. The Hall–Kier alpha value is -1.36. The summed E-state index contributed by atoms with van der Waals surface area (Å²) in [5, 5.41) is 12.0. The van der Waals surface area contributed by atoms with Gasteiger partial charge in [0.15, 0.2) is 5.82 Å². The Morgan fingerprint density at radius 1 is 1.32 bits per heavy atom. The van der Waals surface area contributed by atoms with Gasteiger partial charge in [0.05, 0.1) is 6.54 Å². The molecule has 19 heavy (non-hydrogen) atoms. The molecule has 2 aromatic rings. The molecule has 0 aliphatic carbocycles. The molecule has 100 valence electrons. The quantitative estimate of drug-likeness (QED) is 0.943. The molecule has 5 heteroatoms.